The zero-order valence-electron chi connectivity index (χ0n) is 14.6. The minimum absolute atomic E-state index is 0.0651. The van der Waals surface area contributed by atoms with Gasteiger partial charge in [-0.3, -0.25) is 4.79 Å². The normalized spacial score (nSPS) is 16.8. The molecule has 26 heavy (non-hydrogen) atoms. The Morgan fingerprint density at radius 1 is 1.12 bits per heavy atom. The summed E-state index contributed by atoms with van der Waals surface area (Å²) in [7, 11) is 3.13. The Morgan fingerprint density at radius 2 is 1.88 bits per heavy atom. The maximum Gasteiger partial charge on any atom is 0.264 e. The molecule has 1 aliphatic heterocycles. The first-order valence-electron chi connectivity index (χ1n) is 7.81. The van der Waals surface area contributed by atoms with Crippen molar-refractivity contribution >= 4 is 34.6 Å². The number of carbonyl (C=O) groups excluding carboxylic acids is 1. The summed E-state index contributed by atoms with van der Waals surface area (Å²) in [4.78, 5) is 17.0. The van der Waals surface area contributed by atoms with Crippen LogP contribution in [0.15, 0.2) is 46.3 Å². The molecule has 0 atom stereocenters. The van der Waals surface area contributed by atoms with Crippen LogP contribution >= 0.6 is 11.8 Å². The van der Waals surface area contributed by atoms with Crippen LogP contribution in [-0.4, -0.2) is 30.4 Å². The van der Waals surface area contributed by atoms with Gasteiger partial charge < -0.3 is 19.9 Å². The number of rotatable bonds is 4. The number of methoxy groups -OCH3 is 2. The number of phenolic OH excluding ortho intramolecular Hbond substituents is 1. The van der Waals surface area contributed by atoms with Crippen molar-refractivity contribution in [1.29, 1.82) is 0 Å². The topological polar surface area (TPSA) is 80.2 Å². The van der Waals surface area contributed by atoms with E-state index in [1.807, 2.05) is 13.0 Å². The Bertz CT molecular complexity index is 922. The number of nitrogens with zero attached hydrogens (tertiary/aromatic N) is 1. The molecule has 0 bridgehead atoms. The van der Waals surface area contributed by atoms with Crippen LogP contribution < -0.4 is 14.8 Å². The molecule has 1 aliphatic rings. The highest BCUT2D eigenvalue weighted by atomic mass is 32.2. The van der Waals surface area contributed by atoms with Gasteiger partial charge in [-0.1, -0.05) is 12.1 Å². The lowest BCUT2D eigenvalue weighted by Gasteiger charge is -2.07. The third kappa shape index (κ3) is 3.83. The molecule has 0 aromatic heterocycles. The highest BCUT2D eigenvalue weighted by molar-refractivity contribution is 8.18. The quantitative estimate of drug-likeness (QED) is 0.804. The number of aromatic hydroxyl groups is 1. The highest BCUT2D eigenvalue weighted by Crippen LogP contribution is 2.33. The summed E-state index contributed by atoms with van der Waals surface area (Å²) in [6, 6.07) is 10.5. The third-order valence-electron chi connectivity index (χ3n) is 3.71. The molecule has 1 amide bonds. The molecule has 0 spiro atoms. The van der Waals surface area contributed by atoms with E-state index in [0.717, 1.165) is 11.1 Å². The van der Waals surface area contributed by atoms with Gasteiger partial charge in [0.1, 0.15) is 11.4 Å². The minimum atomic E-state index is -0.240. The summed E-state index contributed by atoms with van der Waals surface area (Å²) in [6.45, 7) is 1.91. The van der Waals surface area contributed by atoms with Crippen LogP contribution in [0.4, 0.5) is 5.69 Å². The Kier molecular flexibility index (Phi) is 5.18. The molecule has 0 saturated carbocycles. The second kappa shape index (κ2) is 7.53. The summed E-state index contributed by atoms with van der Waals surface area (Å²) in [6.07, 6.45) is 1.75. The van der Waals surface area contributed by atoms with Gasteiger partial charge in [0.15, 0.2) is 16.7 Å². The van der Waals surface area contributed by atoms with Crippen molar-refractivity contribution in [3.05, 3.63) is 52.4 Å². The van der Waals surface area contributed by atoms with Crippen molar-refractivity contribution in [2.75, 3.05) is 14.2 Å². The predicted molar refractivity (Wildman–Crippen MR) is 103 cm³/mol. The molecular formula is C19H18N2O4S. The molecule has 2 N–H and O–H groups in total. The van der Waals surface area contributed by atoms with E-state index in [9.17, 15) is 9.90 Å². The number of benzene rings is 2. The monoisotopic (exact) mass is 370 g/mol. The molecule has 6 nitrogen and oxygen atoms in total. The standard InChI is InChI=1S/C19H18N2O4S/c1-11-4-6-14(22)13(8-11)20-19-21-18(23)17(26-19)10-12-5-7-15(24-2)16(9-12)25-3/h4-10,22H,1-3H3,(H,20,21,23)/b17-10-. The molecule has 0 radical (unpaired) electrons. The first-order valence-corrected chi connectivity index (χ1v) is 8.63. The predicted octanol–water partition coefficient (Wildman–Crippen LogP) is 3.61. The van der Waals surface area contributed by atoms with E-state index in [1.54, 1.807) is 50.6 Å². The Labute approximate surface area is 155 Å². The van der Waals surface area contributed by atoms with Crippen LogP contribution in [0.2, 0.25) is 0 Å². The van der Waals surface area contributed by atoms with Crippen LogP contribution in [0.1, 0.15) is 11.1 Å². The minimum Gasteiger partial charge on any atom is -0.506 e. The molecule has 3 rings (SSSR count). The van der Waals surface area contributed by atoms with Gasteiger partial charge in [0.2, 0.25) is 0 Å². The number of aryl methyl sites for hydroxylation is 1. The van der Waals surface area contributed by atoms with Gasteiger partial charge in [-0.2, -0.15) is 0 Å². The number of ether oxygens (including phenoxy) is 2. The molecule has 1 heterocycles. The molecule has 2 aromatic carbocycles. The maximum atomic E-state index is 12.2. The third-order valence-corrected chi connectivity index (χ3v) is 4.62. The fraction of sp³-hybridized carbons (Fsp3) is 0.158. The highest BCUT2D eigenvalue weighted by Gasteiger charge is 2.24. The second-order valence-electron chi connectivity index (χ2n) is 5.59. The van der Waals surface area contributed by atoms with E-state index >= 15 is 0 Å². The lowest BCUT2D eigenvalue weighted by molar-refractivity contribution is -0.115. The lowest BCUT2D eigenvalue weighted by Crippen LogP contribution is -2.19. The first-order chi connectivity index (χ1) is 12.5. The van der Waals surface area contributed by atoms with Gasteiger partial charge >= 0.3 is 0 Å². The van der Waals surface area contributed by atoms with E-state index in [-0.39, 0.29) is 11.7 Å². The number of hydrogen-bond acceptors (Lipinski definition) is 6. The summed E-state index contributed by atoms with van der Waals surface area (Å²) >= 11 is 1.21. The van der Waals surface area contributed by atoms with Crippen molar-refractivity contribution in [3.63, 3.8) is 0 Å². The van der Waals surface area contributed by atoms with E-state index in [2.05, 4.69) is 10.3 Å². The largest absolute Gasteiger partial charge is 0.506 e. The molecule has 1 fully saturated rings. The zero-order valence-corrected chi connectivity index (χ0v) is 15.4. The summed E-state index contributed by atoms with van der Waals surface area (Å²) < 4.78 is 10.5. The number of aliphatic imine (C=N–C) groups is 1. The van der Waals surface area contributed by atoms with E-state index in [4.69, 9.17) is 9.47 Å². The van der Waals surface area contributed by atoms with Gasteiger partial charge in [0, 0.05) is 0 Å². The van der Waals surface area contributed by atoms with Crippen LogP contribution in [0.25, 0.3) is 6.08 Å². The van der Waals surface area contributed by atoms with Crippen molar-refractivity contribution < 1.29 is 19.4 Å². The number of phenols is 1. The van der Waals surface area contributed by atoms with Gasteiger partial charge in [-0.05, 0) is 60.2 Å². The molecule has 0 aliphatic carbocycles. The number of amides is 1. The number of nitrogens with one attached hydrogen (secondary N) is 1. The molecule has 134 valence electrons. The number of thioether (sulfide) groups is 1. The maximum absolute atomic E-state index is 12.2. The average Bonchev–Trinajstić information content (AvgIpc) is 2.97. The number of hydrogen-bond donors (Lipinski definition) is 2. The fourth-order valence-corrected chi connectivity index (χ4v) is 3.24. The van der Waals surface area contributed by atoms with Gasteiger partial charge in [0.05, 0.1) is 19.1 Å². The van der Waals surface area contributed by atoms with Crippen molar-refractivity contribution in [2.45, 2.75) is 6.92 Å². The molecule has 0 unspecified atom stereocenters. The van der Waals surface area contributed by atoms with Crippen molar-refractivity contribution in [1.82, 2.24) is 5.32 Å². The van der Waals surface area contributed by atoms with E-state index < -0.39 is 0 Å². The molecule has 2 aromatic rings. The number of carbonyl (C=O) groups is 1. The smallest absolute Gasteiger partial charge is 0.264 e. The first kappa shape index (κ1) is 17.9. The molecule has 7 heteroatoms. The Morgan fingerprint density at radius 3 is 2.62 bits per heavy atom. The van der Waals surface area contributed by atoms with Gasteiger partial charge in [0.25, 0.3) is 5.91 Å². The van der Waals surface area contributed by atoms with E-state index in [0.29, 0.717) is 27.3 Å². The number of amidine groups is 1. The van der Waals surface area contributed by atoms with Crippen LogP contribution in [-0.2, 0) is 4.79 Å². The lowest BCUT2D eigenvalue weighted by atomic mass is 10.2. The summed E-state index contributed by atoms with van der Waals surface area (Å²) in [5.74, 6) is 1.03. The van der Waals surface area contributed by atoms with Gasteiger partial charge in [-0.15, -0.1) is 0 Å². The molecule has 1 saturated heterocycles. The fourth-order valence-electron chi connectivity index (χ4n) is 2.41. The van der Waals surface area contributed by atoms with Crippen molar-refractivity contribution in [3.8, 4) is 17.2 Å². The summed E-state index contributed by atoms with van der Waals surface area (Å²) in [5, 5.41) is 13.0. The molecular weight excluding hydrogens is 352 g/mol. The van der Waals surface area contributed by atoms with Crippen LogP contribution in [0, 0.1) is 6.92 Å². The zero-order chi connectivity index (χ0) is 18.7. The van der Waals surface area contributed by atoms with Crippen molar-refractivity contribution in [2.24, 2.45) is 4.99 Å². The Balaban J connectivity index is 1.87. The second-order valence-corrected chi connectivity index (χ2v) is 6.62. The average molecular weight is 370 g/mol. The SMILES string of the molecule is COc1ccc(/C=C2\SC(=Nc3cc(C)ccc3O)NC2=O)cc1OC. The van der Waals surface area contributed by atoms with Crippen LogP contribution in [0.3, 0.4) is 0 Å². The Hall–Kier alpha value is -2.93. The van der Waals surface area contributed by atoms with Gasteiger partial charge in [-0.25, -0.2) is 4.99 Å². The summed E-state index contributed by atoms with van der Waals surface area (Å²) in [5.41, 5.74) is 2.19. The van der Waals surface area contributed by atoms with Crippen LogP contribution in [0.5, 0.6) is 17.2 Å². The van der Waals surface area contributed by atoms with E-state index in [1.165, 1.54) is 11.8 Å².